The minimum atomic E-state index is -0.603. The molecule has 1 amide bonds. The number of rotatable bonds is 2. The molecule has 1 heterocycles. The van der Waals surface area contributed by atoms with Crippen molar-refractivity contribution in [3.05, 3.63) is 29.4 Å². The average molecular weight is 310 g/mol. The van der Waals surface area contributed by atoms with Gasteiger partial charge in [-0.2, -0.15) is 0 Å². The van der Waals surface area contributed by atoms with E-state index in [-0.39, 0.29) is 0 Å². The summed E-state index contributed by atoms with van der Waals surface area (Å²) < 4.78 is 10.3. The molecule has 0 spiro atoms. The number of ether oxygens (including phenoxy) is 1. The van der Waals surface area contributed by atoms with Crippen LogP contribution in [0.25, 0.3) is 11.3 Å². The number of benzene rings is 1. The number of halogens is 1. The third-order valence-corrected chi connectivity index (χ3v) is 2.69. The van der Waals surface area contributed by atoms with Gasteiger partial charge in [0.1, 0.15) is 11.3 Å². The van der Waals surface area contributed by atoms with Crippen LogP contribution in [0.15, 0.2) is 28.9 Å². The summed E-state index contributed by atoms with van der Waals surface area (Å²) in [5.74, 6) is 0.359. The Labute approximate surface area is 127 Å². The number of anilines is 2. The zero-order valence-electron chi connectivity index (χ0n) is 11.9. The van der Waals surface area contributed by atoms with E-state index in [1.165, 1.54) is 6.20 Å². The van der Waals surface area contributed by atoms with Gasteiger partial charge in [-0.25, -0.2) is 4.79 Å². The molecule has 6 nitrogen and oxygen atoms in total. The number of nitrogens with zero attached hydrogens (tertiary/aromatic N) is 1. The Balaban J connectivity index is 2.33. The molecular weight excluding hydrogens is 294 g/mol. The van der Waals surface area contributed by atoms with Crippen LogP contribution in [0, 0.1) is 0 Å². The van der Waals surface area contributed by atoms with E-state index in [1.807, 2.05) is 0 Å². The fraction of sp³-hybridized carbons (Fsp3) is 0.286. The highest BCUT2D eigenvalue weighted by atomic mass is 35.5. The minimum Gasteiger partial charge on any atom is -0.444 e. The molecule has 2 aromatic rings. The first-order valence-corrected chi connectivity index (χ1v) is 6.64. The molecule has 112 valence electrons. The van der Waals surface area contributed by atoms with Crippen LogP contribution in [-0.4, -0.2) is 16.9 Å². The molecular formula is C14H16ClN3O3. The number of amides is 1. The highest BCUT2D eigenvalue weighted by Gasteiger charge is 2.19. The van der Waals surface area contributed by atoms with Gasteiger partial charge in [0, 0.05) is 10.6 Å². The number of hydrogen-bond donors (Lipinski definition) is 2. The molecule has 7 heteroatoms. The highest BCUT2D eigenvalue weighted by molar-refractivity contribution is 6.31. The molecule has 0 atom stereocenters. The van der Waals surface area contributed by atoms with Crippen LogP contribution < -0.4 is 11.1 Å². The van der Waals surface area contributed by atoms with Gasteiger partial charge in [0.05, 0.1) is 11.9 Å². The second kappa shape index (κ2) is 5.65. The van der Waals surface area contributed by atoms with E-state index in [2.05, 4.69) is 10.5 Å². The zero-order valence-corrected chi connectivity index (χ0v) is 12.7. The molecule has 0 bridgehead atoms. The van der Waals surface area contributed by atoms with Crippen LogP contribution in [0.1, 0.15) is 20.8 Å². The average Bonchev–Trinajstić information content (AvgIpc) is 2.73. The fourth-order valence-electron chi connectivity index (χ4n) is 1.68. The van der Waals surface area contributed by atoms with Gasteiger partial charge in [0.2, 0.25) is 0 Å². The Morgan fingerprint density at radius 1 is 1.43 bits per heavy atom. The SMILES string of the molecule is CC(C)(C)OC(=O)Nc1cc(Cl)ccc1-c1oncc1N. The molecule has 0 aliphatic rings. The lowest BCUT2D eigenvalue weighted by Gasteiger charge is -2.20. The molecule has 1 aromatic heterocycles. The highest BCUT2D eigenvalue weighted by Crippen LogP contribution is 2.34. The van der Waals surface area contributed by atoms with Crippen molar-refractivity contribution in [3.63, 3.8) is 0 Å². The van der Waals surface area contributed by atoms with Crippen molar-refractivity contribution in [1.29, 1.82) is 0 Å². The number of nitrogen functional groups attached to an aromatic ring is 1. The first kappa shape index (κ1) is 15.2. The van der Waals surface area contributed by atoms with Gasteiger partial charge < -0.3 is 15.0 Å². The standard InChI is InChI=1S/C14H16ClN3O3/c1-14(2,3)20-13(19)18-11-6-8(15)4-5-9(11)12-10(16)7-17-21-12/h4-7H,16H2,1-3H3,(H,18,19). The predicted molar refractivity (Wildman–Crippen MR) is 81.2 cm³/mol. The van der Waals surface area contributed by atoms with Crippen molar-refractivity contribution in [2.75, 3.05) is 11.1 Å². The maximum atomic E-state index is 11.9. The van der Waals surface area contributed by atoms with E-state index in [9.17, 15) is 4.79 Å². The van der Waals surface area contributed by atoms with E-state index in [0.29, 0.717) is 27.7 Å². The molecule has 0 aliphatic heterocycles. The van der Waals surface area contributed by atoms with E-state index in [0.717, 1.165) is 0 Å². The summed E-state index contributed by atoms with van der Waals surface area (Å²) in [6.45, 7) is 5.33. The largest absolute Gasteiger partial charge is 0.444 e. The van der Waals surface area contributed by atoms with Crippen LogP contribution in [0.3, 0.4) is 0 Å². The predicted octanol–water partition coefficient (Wildman–Crippen LogP) is 3.92. The minimum absolute atomic E-state index is 0.359. The summed E-state index contributed by atoms with van der Waals surface area (Å²) in [5.41, 5.74) is 6.54. The molecule has 0 aliphatic carbocycles. The Bertz CT molecular complexity index is 662. The van der Waals surface area contributed by atoms with Crippen LogP contribution in [-0.2, 0) is 4.74 Å². The monoisotopic (exact) mass is 309 g/mol. The number of hydrogen-bond acceptors (Lipinski definition) is 5. The van der Waals surface area contributed by atoms with Crippen LogP contribution >= 0.6 is 11.6 Å². The molecule has 0 fully saturated rings. The first-order valence-electron chi connectivity index (χ1n) is 6.26. The summed E-state index contributed by atoms with van der Waals surface area (Å²) in [5, 5.41) is 6.72. The van der Waals surface area contributed by atoms with Gasteiger partial charge in [-0.05, 0) is 39.0 Å². The van der Waals surface area contributed by atoms with E-state index in [1.54, 1.807) is 39.0 Å². The van der Waals surface area contributed by atoms with Crippen molar-refractivity contribution in [3.8, 4) is 11.3 Å². The van der Waals surface area contributed by atoms with Crippen molar-refractivity contribution < 1.29 is 14.1 Å². The lowest BCUT2D eigenvalue weighted by atomic mass is 10.1. The van der Waals surface area contributed by atoms with Gasteiger partial charge in [-0.3, -0.25) is 5.32 Å². The lowest BCUT2D eigenvalue weighted by Crippen LogP contribution is -2.27. The topological polar surface area (TPSA) is 90.4 Å². The summed E-state index contributed by atoms with van der Waals surface area (Å²) in [6.07, 6.45) is 0.797. The number of carbonyl (C=O) groups excluding carboxylic acids is 1. The third kappa shape index (κ3) is 3.88. The molecule has 0 unspecified atom stereocenters. The maximum absolute atomic E-state index is 11.9. The van der Waals surface area contributed by atoms with Gasteiger partial charge in [0.25, 0.3) is 0 Å². The molecule has 2 rings (SSSR count). The summed E-state index contributed by atoms with van der Waals surface area (Å²) in [4.78, 5) is 11.9. The van der Waals surface area contributed by atoms with E-state index >= 15 is 0 Å². The maximum Gasteiger partial charge on any atom is 0.412 e. The fourth-order valence-corrected chi connectivity index (χ4v) is 1.86. The lowest BCUT2D eigenvalue weighted by molar-refractivity contribution is 0.0636. The number of nitrogens with two attached hydrogens (primary N) is 1. The van der Waals surface area contributed by atoms with Crippen molar-refractivity contribution in [1.82, 2.24) is 5.16 Å². The Kier molecular flexibility index (Phi) is 4.09. The number of nitrogens with one attached hydrogen (secondary N) is 1. The van der Waals surface area contributed by atoms with Gasteiger partial charge in [0.15, 0.2) is 5.76 Å². The normalized spacial score (nSPS) is 11.2. The van der Waals surface area contributed by atoms with Crippen LogP contribution in [0.2, 0.25) is 5.02 Å². The number of aromatic nitrogens is 1. The first-order chi connectivity index (χ1) is 9.76. The molecule has 0 saturated heterocycles. The van der Waals surface area contributed by atoms with Crippen molar-refractivity contribution in [2.24, 2.45) is 0 Å². The molecule has 1 aromatic carbocycles. The molecule has 0 saturated carbocycles. The zero-order chi connectivity index (χ0) is 15.6. The van der Waals surface area contributed by atoms with Crippen LogP contribution in [0.4, 0.5) is 16.2 Å². The summed E-state index contributed by atoms with van der Waals surface area (Å²) in [6, 6.07) is 4.94. The molecule has 21 heavy (non-hydrogen) atoms. The Morgan fingerprint density at radius 3 is 2.71 bits per heavy atom. The Hall–Kier alpha value is -2.21. The smallest absolute Gasteiger partial charge is 0.412 e. The van der Waals surface area contributed by atoms with Gasteiger partial charge in [-0.15, -0.1) is 0 Å². The summed E-state index contributed by atoms with van der Waals surface area (Å²) >= 11 is 5.96. The second-order valence-corrected chi connectivity index (χ2v) is 5.86. The van der Waals surface area contributed by atoms with Crippen LogP contribution in [0.5, 0.6) is 0 Å². The molecule has 3 N–H and O–H groups in total. The molecule has 0 radical (unpaired) electrons. The quantitative estimate of drug-likeness (QED) is 0.877. The van der Waals surface area contributed by atoms with E-state index in [4.69, 9.17) is 26.6 Å². The van der Waals surface area contributed by atoms with Crippen molar-refractivity contribution in [2.45, 2.75) is 26.4 Å². The van der Waals surface area contributed by atoms with Gasteiger partial charge in [-0.1, -0.05) is 16.8 Å². The Morgan fingerprint density at radius 2 is 2.14 bits per heavy atom. The third-order valence-electron chi connectivity index (χ3n) is 2.46. The van der Waals surface area contributed by atoms with Crippen molar-refractivity contribution >= 4 is 29.1 Å². The second-order valence-electron chi connectivity index (χ2n) is 5.43. The van der Waals surface area contributed by atoms with E-state index < -0.39 is 11.7 Å². The number of carbonyl (C=O) groups is 1. The van der Waals surface area contributed by atoms with Gasteiger partial charge >= 0.3 is 6.09 Å². The summed E-state index contributed by atoms with van der Waals surface area (Å²) in [7, 11) is 0.